The first-order valence-electron chi connectivity index (χ1n) is 4.09. The molecule has 0 radical (unpaired) electrons. The fourth-order valence-corrected chi connectivity index (χ4v) is 1.44. The van der Waals surface area contributed by atoms with Gasteiger partial charge in [0.15, 0.2) is 0 Å². The summed E-state index contributed by atoms with van der Waals surface area (Å²) in [6, 6.07) is 2.58. The van der Waals surface area contributed by atoms with Gasteiger partial charge in [0.1, 0.15) is 0 Å². The summed E-state index contributed by atoms with van der Waals surface area (Å²) in [5.41, 5.74) is 2.60. The van der Waals surface area contributed by atoms with E-state index in [1.807, 2.05) is 12.4 Å². The average molecular weight is 148 g/mol. The minimum atomic E-state index is 0.501. The number of aromatic amines is 1. The number of aromatic nitrogens is 1. The van der Waals surface area contributed by atoms with Crippen LogP contribution in [0.4, 0.5) is 0 Å². The lowest BCUT2D eigenvalue weighted by Crippen LogP contribution is -2.13. The second kappa shape index (κ2) is 2.53. The third kappa shape index (κ3) is 1.09. The molecule has 0 aromatic carbocycles. The zero-order chi connectivity index (χ0) is 7.68. The monoisotopic (exact) mass is 148 g/mol. The summed E-state index contributed by atoms with van der Waals surface area (Å²) in [5.74, 6) is 0. The van der Waals surface area contributed by atoms with Crippen LogP contribution in [0.5, 0.6) is 0 Å². The predicted molar refractivity (Wildman–Crippen MR) is 46.2 cm³/mol. The molecule has 1 aromatic rings. The van der Waals surface area contributed by atoms with Gasteiger partial charge in [-0.2, -0.15) is 0 Å². The van der Waals surface area contributed by atoms with E-state index in [2.05, 4.69) is 23.0 Å². The van der Waals surface area contributed by atoms with Crippen molar-refractivity contribution < 1.29 is 0 Å². The van der Waals surface area contributed by atoms with Crippen molar-refractivity contribution in [2.45, 2.75) is 25.8 Å². The van der Waals surface area contributed by atoms with Crippen molar-refractivity contribution in [1.82, 2.24) is 4.98 Å². The van der Waals surface area contributed by atoms with Crippen molar-refractivity contribution in [3.05, 3.63) is 23.5 Å². The summed E-state index contributed by atoms with van der Waals surface area (Å²) < 4.78 is 0. The molecule has 1 atom stereocenters. The first-order valence-corrected chi connectivity index (χ1v) is 4.09. The first kappa shape index (κ1) is 6.65. The van der Waals surface area contributed by atoms with Crippen LogP contribution in [-0.4, -0.2) is 17.2 Å². The van der Waals surface area contributed by atoms with Gasteiger partial charge in [0.2, 0.25) is 0 Å². The maximum atomic E-state index is 4.42. The second-order valence-electron chi connectivity index (χ2n) is 2.96. The van der Waals surface area contributed by atoms with Gasteiger partial charge in [0.25, 0.3) is 0 Å². The normalized spacial score (nSPS) is 21.7. The third-order valence-electron chi connectivity index (χ3n) is 2.20. The summed E-state index contributed by atoms with van der Waals surface area (Å²) in [6.07, 6.45) is 6.17. The van der Waals surface area contributed by atoms with Gasteiger partial charge in [-0.05, 0) is 12.5 Å². The zero-order valence-electron chi connectivity index (χ0n) is 6.67. The molecule has 2 rings (SSSR count). The molecule has 0 amide bonds. The summed E-state index contributed by atoms with van der Waals surface area (Å²) >= 11 is 0. The van der Waals surface area contributed by atoms with Gasteiger partial charge >= 0.3 is 0 Å². The summed E-state index contributed by atoms with van der Waals surface area (Å²) in [7, 11) is 0. The minimum absolute atomic E-state index is 0.501. The number of hydrogen-bond acceptors (Lipinski definition) is 1. The number of nitrogens with one attached hydrogen (secondary N) is 1. The second-order valence-corrected chi connectivity index (χ2v) is 2.96. The van der Waals surface area contributed by atoms with E-state index < -0.39 is 0 Å². The predicted octanol–water partition coefficient (Wildman–Crippen LogP) is 1.77. The average Bonchev–Trinajstić information content (AvgIpc) is 2.50. The lowest BCUT2D eigenvalue weighted by Gasteiger charge is -2.13. The highest BCUT2D eigenvalue weighted by atomic mass is 14.8. The van der Waals surface area contributed by atoms with E-state index in [4.69, 9.17) is 0 Å². The lowest BCUT2D eigenvalue weighted by molar-refractivity contribution is 0.636. The molecule has 0 aliphatic carbocycles. The molecule has 1 aliphatic rings. The van der Waals surface area contributed by atoms with E-state index in [1.54, 1.807) is 0 Å². The Morgan fingerprint density at radius 3 is 3.45 bits per heavy atom. The molecule has 2 heterocycles. The lowest BCUT2D eigenvalue weighted by atomic mass is 10.0. The Bertz CT molecular complexity index is 273. The third-order valence-corrected chi connectivity index (χ3v) is 2.20. The van der Waals surface area contributed by atoms with E-state index in [1.165, 1.54) is 11.3 Å². The van der Waals surface area contributed by atoms with E-state index >= 15 is 0 Å². The molecule has 0 unspecified atom stereocenters. The topological polar surface area (TPSA) is 28.1 Å². The quantitative estimate of drug-likeness (QED) is 0.628. The fraction of sp³-hybridized carbons (Fsp3) is 0.444. The standard InChI is InChI=1S/C9H12N2/c1-2-8-5-9-7(6-11-8)3-4-10-9/h3-4,6,8,10H,2,5H2,1H3/t8-/m1/s1. The molecule has 1 aliphatic heterocycles. The number of rotatable bonds is 1. The molecular weight excluding hydrogens is 136 g/mol. The smallest absolute Gasteiger partial charge is 0.0552 e. The van der Waals surface area contributed by atoms with Crippen molar-refractivity contribution in [2.24, 2.45) is 4.99 Å². The van der Waals surface area contributed by atoms with Crippen LogP contribution < -0.4 is 0 Å². The summed E-state index contributed by atoms with van der Waals surface area (Å²) in [4.78, 5) is 7.65. The Labute approximate surface area is 66.4 Å². The van der Waals surface area contributed by atoms with E-state index in [-0.39, 0.29) is 0 Å². The highest BCUT2D eigenvalue weighted by Gasteiger charge is 2.12. The van der Waals surface area contributed by atoms with Crippen LogP contribution in [0.15, 0.2) is 17.3 Å². The van der Waals surface area contributed by atoms with Crippen molar-refractivity contribution in [1.29, 1.82) is 0 Å². The highest BCUT2D eigenvalue weighted by Crippen LogP contribution is 2.15. The van der Waals surface area contributed by atoms with E-state index in [0.29, 0.717) is 6.04 Å². The van der Waals surface area contributed by atoms with Gasteiger partial charge in [0.05, 0.1) is 6.04 Å². The van der Waals surface area contributed by atoms with Gasteiger partial charge < -0.3 is 4.98 Å². The SMILES string of the molecule is CC[C@@H]1Cc2[nH]ccc2C=N1. The molecule has 58 valence electrons. The molecule has 1 aromatic heterocycles. The number of hydrogen-bond donors (Lipinski definition) is 1. The van der Waals surface area contributed by atoms with Crippen molar-refractivity contribution in [2.75, 3.05) is 0 Å². The van der Waals surface area contributed by atoms with Gasteiger partial charge in [-0.15, -0.1) is 0 Å². The molecule has 0 bridgehead atoms. The maximum absolute atomic E-state index is 4.42. The zero-order valence-corrected chi connectivity index (χ0v) is 6.67. The van der Waals surface area contributed by atoms with Crippen LogP contribution in [0.25, 0.3) is 0 Å². The molecule has 2 heteroatoms. The highest BCUT2D eigenvalue weighted by molar-refractivity contribution is 5.82. The molecule has 11 heavy (non-hydrogen) atoms. The Kier molecular flexibility index (Phi) is 1.53. The van der Waals surface area contributed by atoms with Crippen LogP contribution in [0.1, 0.15) is 24.6 Å². The number of nitrogens with zero attached hydrogens (tertiary/aromatic N) is 1. The van der Waals surface area contributed by atoms with E-state index in [0.717, 1.165) is 12.8 Å². The molecular formula is C9H12N2. The van der Waals surface area contributed by atoms with Gasteiger partial charge in [0, 0.05) is 30.1 Å². The Morgan fingerprint density at radius 1 is 1.73 bits per heavy atom. The van der Waals surface area contributed by atoms with Gasteiger partial charge in [-0.25, -0.2) is 0 Å². The Morgan fingerprint density at radius 2 is 2.64 bits per heavy atom. The fourth-order valence-electron chi connectivity index (χ4n) is 1.44. The number of fused-ring (bicyclic) bond motifs is 1. The Hall–Kier alpha value is -1.05. The minimum Gasteiger partial charge on any atom is -0.364 e. The molecule has 0 saturated carbocycles. The molecule has 0 saturated heterocycles. The molecule has 0 fully saturated rings. The molecule has 1 N–H and O–H groups in total. The summed E-state index contributed by atoms with van der Waals surface area (Å²) in [6.45, 7) is 2.18. The maximum Gasteiger partial charge on any atom is 0.0552 e. The van der Waals surface area contributed by atoms with Crippen molar-refractivity contribution in [3.63, 3.8) is 0 Å². The summed E-state index contributed by atoms with van der Waals surface area (Å²) in [5, 5.41) is 0. The van der Waals surface area contributed by atoms with Crippen LogP contribution in [0.2, 0.25) is 0 Å². The number of H-pyrrole nitrogens is 1. The van der Waals surface area contributed by atoms with Gasteiger partial charge in [-0.1, -0.05) is 6.92 Å². The molecule has 2 nitrogen and oxygen atoms in total. The Balaban J connectivity index is 2.29. The largest absolute Gasteiger partial charge is 0.364 e. The van der Waals surface area contributed by atoms with E-state index in [9.17, 15) is 0 Å². The van der Waals surface area contributed by atoms with Crippen molar-refractivity contribution in [3.8, 4) is 0 Å². The van der Waals surface area contributed by atoms with Gasteiger partial charge in [-0.3, -0.25) is 4.99 Å². The van der Waals surface area contributed by atoms with Crippen LogP contribution in [0.3, 0.4) is 0 Å². The molecule has 0 spiro atoms. The van der Waals surface area contributed by atoms with Crippen molar-refractivity contribution >= 4 is 6.21 Å². The van der Waals surface area contributed by atoms with Crippen LogP contribution in [-0.2, 0) is 6.42 Å². The number of aliphatic imine (C=N–C) groups is 1. The first-order chi connectivity index (χ1) is 5.40. The van der Waals surface area contributed by atoms with Crippen LogP contribution in [0, 0.1) is 0 Å². The van der Waals surface area contributed by atoms with Crippen LogP contribution >= 0.6 is 0 Å².